The molecular weight excluding hydrogens is 332 g/mol. The van der Waals surface area contributed by atoms with Crippen LogP contribution in [-0.2, 0) is 14.3 Å². The van der Waals surface area contributed by atoms with Crippen LogP contribution in [0.1, 0.15) is 5.56 Å². The molecule has 20 heavy (non-hydrogen) atoms. The molecule has 7 heteroatoms. The molecular formula is C13H13BrO6. The van der Waals surface area contributed by atoms with Crippen LogP contribution in [0.15, 0.2) is 22.7 Å². The lowest BCUT2D eigenvalue weighted by atomic mass is 10.2. The van der Waals surface area contributed by atoms with Crippen molar-refractivity contribution in [2.24, 2.45) is 0 Å². The van der Waals surface area contributed by atoms with E-state index in [9.17, 15) is 9.59 Å². The fourth-order valence-corrected chi connectivity index (χ4v) is 1.76. The van der Waals surface area contributed by atoms with Crippen molar-refractivity contribution in [3.63, 3.8) is 0 Å². The highest BCUT2D eigenvalue weighted by Crippen LogP contribution is 2.34. The first kappa shape index (κ1) is 16.0. The van der Waals surface area contributed by atoms with Gasteiger partial charge in [0.25, 0.3) is 0 Å². The molecule has 6 nitrogen and oxygen atoms in total. The van der Waals surface area contributed by atoms with Gasteiger partial charge in [-0.2, -0.15) is 0 Å². The molecule has 0 aromatic heterocycles. The van der Waals surface area contributed by atoms with Crippen LogP contribution in [0.2, 0.25) is 0 Å². The molecule has 1 aromatic carbocycles. The summed E-state index contributed by atoms with van der Waals surface area (Å²) in [6.45, 7) is -0.246. The molecule has 0 unspecified atom stereocenters. The highest BCUT2D eigenvalue weighted by Gasteiger charge is 2.11. The van der Waals surface area contributed by atoms with E-state index in [4.69, 9.17) is 14.6 Å². The fraction of sp³-hybridized carbons (Fsp3) is 0.231. The summed E-state index contributed by atoms with van der Waals surface area (Å²) in [4.78, 5) is 21.5. The lowest BCUT2D eigenvalue weighted by Gasteiger charge is -2.12. The second kappa shape index (κ2) is 7.54. The van der Waals surface area contributed by atoms with Crippen molar-refractivity contribution in [2.75, 3.05) is 20.8 Å². The summed E-state index contributed by atoms with van der Waals surface area (Å²) in [5.74, 6) is -0.848. The summed E-state index contributed by atoms with van der Waals surface area (Å²) < 4.78 is 15.5. The maximum absolute atomic E-state index is 11.0. The van der Waals surface area contributed by atoms with E-state index in [2.05, 4.69) is 20.7 Å². The third kappa shape index (κ3) is 4.58. The van der Waals surface area contributed by atoms with Crippen molar-refractivity contribution < 1.29 is 28.9 Å². The van der Waals surface area contributed by atoms with Crippen molar-refractivity contribution in [1.29, 1.82) is 0 Å². The molecule has 1 aromatic rings. The number of aliphatic carboxylic acids is 1. The van der Waals surface area contributed by atoms with Crippen LogP contribution in [0.3, 0.4) is 0 Å². The molecule has 0 aliphatic rings. The summed E-state index contributed by atoms with van der Waals surface area (Å²) in [7, 11) is 2.71. The van der Waals surface area contributed by atoms with Gasteiger partial charge in [0.05, 0.1) is 14.2 Å². The van der Waals surface area contributed by atoms with Gasteiger partial charge < -0.3 is 19.3 Å². The molecule has 0 aliphatic heterocycles. The Kier molecular flexibility index (Phi) is 6.05. The number of methoxy groups -OCH3 is 2. The number of carbonyl (C=O) groups is 2. The van der Waals surface area contributed by atoms with Gasteiger partial charge in [-0.15, -0.1) is 0 Å². The van der Waals surface area contributed by atoms with E-state index < -0.39 is 11.9 Å². The molecule has 0 atom stereocenters. The number of rotatable bonds is 6. The topological polar surface area (TPSA) is 82.1 Å². The smallest absolute Gasteiger partial charge is 0.343 e. The van der Waals surface area contributed by atoms with Gasteiger partial charge in [-0.3, -0.25) is 0 Å². The van der Waals surface area contributed by atoms with Crippen LogP contribution in [0.25, 0.3) is 6.08 Å². The van der Waals surface area contributed by atoms with E-state index in [0.29, 0.717) is 21.5 Å². The predicted molar refractivity (Wildman–Crippen MR) is 74.9 cm³/mol. The minimum Gasteiger partial charge on any atom is -0.493 e. The predicted octanol–water partition coefficient (Wildman–Crippen LogP) is 2.11. The van der Waals surface area contributed by atoms with E-state index >= 15 is 0 Å². The third-order valence-electron chi connectivity index (χ3n) is 2.26. The van der Waals surface area contributed by atoms with E-state index in [-0.39, 0.29) is 6.61 Å². The molecule has 0 radical (unpaired) electrons. The summed E-state index contributed by atoms with van der Waals surface area (Å²) in [5.41, 5.74) is 0.606. The molecule has 0 heterocycles. The second-order valence-corrected chi connectivity index (χ2v) is 4.42. The van der Waals surface area contributed by atoms with E-state index in [1.54, 1.807) is 12.1 Å². The lowest BCUT2D eigenvalue weighted by Crippen LogP contribution is -2.13. The van der Waals surface area contributed by atoms with Crippen molar-refractivity contribution in [2.45, 2.75) is 0 Å². The molecule has 0 saturated carbocycles. The maximum Gasteiger partial charge on any atom is 0.343 e. The van der Waals surface area contributed by atoms with Crippen LogP contribution in [0.5, 0.6) is 11.5 Å². The van der Waals surface area contributed by atoms with E-state index in [1.165, 1.54) is 20.3 Å². The van der Waals surface area contributed by atoms with Gasteiger partial charge in [-0.1, -0.05) is 15.9 Å². The van der Waals surface area contributed by atoms with E-state index in [1.807, 2.05) is 0 Å². The number of benzene rings is 1. The highest BCUT2D eigenvalue weighted by molar-refractivity contribution is 9.10. The zero-order chi connectivity index (χ0) is 15.1. The maximum atomic E-state index is 11.0. The molecule has 0 saturated heterocycles. The van der Waals surface area contributed by atoms with Crippen LogP contribution in [0, 0.1) is 0 Å². The lowest BCUT2D eigenvalue weighted by molar-refractivity contribution is -0.143. The molecule has 108 valence electrons. The second-order valence-electron chi connectivity index (χ2n) is 3.56. The van der Waals surface area contributed by atoms with Gasteiger partial charge in [-0.25, -0.2) is 9.59 Å². The van der Waals surface area contributed by atoms with Crippen molar-refractivity contribution in [3.8, 4) is 11.5 Å². The normalized spacial score (nSPS) is 10.3. The Morgan fingerprint density at radius 1 is 1.30 bits per heavy atom. The van der Waals surface area contributed by atoms with Crippen molar-refractivity contribution in [1.82, 2.24) is 0 Å². The van der Waals surface area contributed by atoms with Crippen LogP contribution in [0.4, 0.5) is 0 Å². The highest BCUT2D eigenvalue weighted by atomic mass is 79.9. The van der Waals surface area contributed by atoms with Gasteiger partial charge in [0.2, 0.25) is 0 Å². The molecule has 0 amide bonds. The number of hydrogen-bond donors (Lipinski definition) is 1. The fourth-order valence-electron chi connectivity index (χ4n) is 1.31. The first-order valence-corrected chi connectivity index (χ1v) is 6.25. The monoisotopic (exact) mass is 344 g/mol. The number of carboxylic acid groups (broad SMARTS) is 1. The molecule has 0 aliphatic carbocycles. The summed E-state index contributed by atoms with van der Waals surface area (Å²) in [6, 6.07) is 3.18. The number of carbonyl (C=O) groups excluding carboxylic acids is 1. The third-order valence-corrected chi connectivity index (χ3v) is 2.95. The van der Waals surface area contributed by atoms with Gasteiger partial charge in [0.1, 0.15) is 0 Å². The van der Waals surface area contributed by atoms with Crippen LogP contribution in [-0.4, -0.2) is 37.9 Å². The molecule has 0 spiro atoms. The Morgan fingerprint density at radius 2 is 2.00 bits per heavy atom. The Morgan fingerprint density at radius 3 is 2.55 bits per heavy atom. The average molecular weight is 345 g/mol. The number of halogens is 1. The number of carboxylic acids is 1. The average Bonchev–Trinajstić information content (AvgIpc) is 2.43. The molecule has 0 bridgehead atoms. The Bertz CT molecular complexity index is 538. The Balaban J connectivity index is 3.00. The minimum atomic E-state index is -1.05. The first-order valence-electron chi connectivity index (χ1n) is 5.46. The molecule has 1 N–H and O–H groups in total. The summed E-state index contributed by atoms with van der Waals surface area (Å²) in [5, 5.41) is 8.61. The summed E-state index contributed by atoms with van der Waals surface area (Å²) in [6.07, 6.45) is 2.42. The number of ether oxygens (including phenoxy) is 3. The SMILES string of the molecule is COC(=O)COc1cc(Br)c(C=CC(=O)O)cc1OC. The number of esters is 1. The Hall–Kier alpha value is -2.02. The van der Waals surface area contributed by atoms with Gasteiger partial charge >= 0.3 is 11.9 Å². The van der Waals surface area contributed by atoms with Gasteiger partial charge in [0, 0.05) is 10.5 Å². The van der Waals surface area contributed by atoms with Crippen molar-refractivity contribution in [3.05, 3.63) is 28.2 Å². The Labute approximate surface area is 124 Å². The van der Waals surface area contributed by atoms with Crippen LogP contribution < -0.4 is 9.47 Å². The molecule has 0 fully saturated rings. The summed E-state index contributed by atoms with van der Waals surface area (Å²) >= 11 is 3.29. The first-order chi connectivity index (χ1) is 9.47. The largest absolute Gasteiger partial charge is 0.493 e. The standard InChI is InChI=1S/C13H13BrO6/c1-18-10-5-8(3-4-12(15)16)9(14)6-11(10)20-7-13(17)19-2/h3-6H,7H2,1-2H3,(H,15,16). The number of hydrogen-bond acceptors (Lipinski definition) is 5. The quantitative estimate of drug-likeness (QED) is 0.628. The van der Waals surface area contributed by atoms with E-state index in [0.717, 1.165) is 6.08 Å². The molecule has 1 rings (SSSR count). The van der Waals surface area contributed by atoms with Crippen molar-refractivity contribution >= 4 is 33.9 Å². The zero-order valence-corrected chi connectivity index (χ0v) is 12.5. The minimum absolute atomic E-state index is 0.246. The zero-order valence-electron chi connectivity index (χ0n) is 10.9. The van der Waals surface area contributed by atoms with Gasteiger partial charge in [0.15, 0.2) is 18.1 Å². The van der Waals surface area contributed by atoms with Crippen LogP contribution >= 0.6 is 15.9 Å². The van der Waals surface area contributed by atoms with Gasteiger partial charge in [-0.05, 0) is 23.8 Å².